The van der Waals surface area contributed by atoms with E-state index in [9.17, 15) is 4.79 Å². The summed E-state index contributed by atoms with van der Waals surface area (Å²) in [4.78, 5) is 11.8. The Morgan fingerprint density at radius 2 is 1.67 bits per heavy atom. The molecule has 4 aliphatic carbocycles. The van der Waals surface area contributed by atoms with Gasteiger partial charge in [-0.2, -0.15) is 0 Å². The van der Waals surface area contributed by atoms with E-state index in [1.54, 1.807) is 0 Å². The molecule has 2 saturated carbocycles. The summed E-state index contributed by atoms with van der Waals surface area (Å²) in [5.41, 5.74) is 0. The van der Waals surface area contributed by atoms with Gasteiger partial charge in [0.2, 0.25) is 0 Å². The van der Waals surface area contributed by atoms with Crippen molar-refractivity contribution in [3.05, 3.63) is 24.3 Å². The summed E-state index contributed by atoms with van der Waals surface area (Å²) in [7, 11) is 0. The number of rotatable bonds is 0. The fraction of sp³-hybridized carbons (Fsp3) is 0.545. The van der Waals surface area contributed by atoms with Crippen molar-refractivity contribution in [2.75, 3.05) is 0 Å². The molecule has 0 N–H and O–H groups in total. The van der Waals surface area contributed by atoms with Crippen molar-refractivity contribution in [3.63, 3.8) is 0 Å². The van der Waals surface area contributed by atoms with Gasteiger partial charge in [-0.05, 0) is 23.7 Å². The molecule has 4 aliphatic rings. The maximum atomic E-state index is 11.8. The Labute approximate surface area is 71.1 Å². The molecule has 0 spiro atoms. The molecule has 0 aromatic carbocycles. The molecule has 5 unspecified atom stereocenters. The molecule has 0 aromatic rings. The molecule has 0 saturated heterocycles. The first-order valence-corrected chi connectivity index (χ1v) is 4.78. The minimum Gasteiger partial charge on any atom is -0.299 e. The minimum absolute atomic E-state index is 0.264. The molecule has 0 aliphatic heterocycles. The molecule has 60 valence electrons. The number of ketones is 1. The highest BCUT2D eigenvalue weighted by Gasteiger charge is 2.66. The van der Waals surface area contributed by atoms with E-state index in [0.717, 1.165) is 5.92 Å². The molecule has 6 atom stereocenters. The quantitative estimate of drug-likeness (QED) is 0.487. The third-order valence-corrected chi connectivity index (χ3v) is 4.19. The van der Waals surface area contributed by atoms with E-state index in [-0.39, 0.29) is 5.92 Å². The summed E-state index contributed by atoms with van der Waals surface area (Å²) in [6.07, 6.45) is 9.03. The number of carbonyl (C=O) groups excluding carboxylic acids is 1. The number of Topliss-reactive ketones (excluding diaryl/α,β-unsaturated/α-hetero) is 1. The van der Waals surface area contributed by atoms with Gasteiger partial charge >= 0.3 is 0 Å². The van der Waals surface area contributed by atoms with E-state index in [1.165, 1.54) is 0 Å². The van der Waals surface area contributed by atoms with Crippen LogP contribution >= 0.6 is 0 Å². The summed E-state index contributed by atoms with van der Waals surface area (Å²) in [5, 5.41) is 0. The molecule has 1 heteroatoms. The van der Waals surface area contributed by atoms with Crippen LogP contribution in [0.15, 0.2) is 24.3 Å². The maximum absolute atomic E-state index is 11.8. The van der Waals surface area contributed by atoms with Gasteiger partial charge in [-0.15, -0.1) is 0 Å². The average molecular weight is 158 g/mol. The van der Waals surface area contributed by atoms with Gasteiger partial charge in [-0.25, -0.2) is 0 Å². The van der Waals surface area contributed by atoms with Crippen molar-refractivity contribution in [2.45, 2.75) is 0 Å². The smallest absolute Gasteiger partial charge is 0.144 e. The number of fused-ring (bicyclic) bond motifs is 1. The highest BCUT2D eigenvalue weighted by atomic mass is 16.1. The fourth-order valence-electron chi connectivity index (χ4n) is 3.62. The molecular weight excluding hydrogens is 148 g/mol. The van der Waals surface area contributed by atoms with Crippen LogP contribution in [0.4, 0.5) is 0 Å². The lowest BCUT2D eigenvalue weighted by Gasteiger charge is -2.26. The fourth-order valence-corrected chi connectivity index (χ4v) is 3.62. The number of carbonyl (C=O) groups is 1. The summed E-state index contributed by atoms with van der Waals surface area (Å²) in [6.45, 7) is 0. The first kappa shape index (κ1) is 5.74. The normalized spacial score (nSPS) is 62.5. The summed E-state index contributed by atoms with van der Waals surface area (Å²) in [6, 6.07) is 0. The van der Waals surface area contributed by atoms with Crippen LogP contribution in [0.25, 0.3) is 0 Å². The van der Waals surface area contributed by atoms with Crippen molar-refractivity contribution in [2.24, 2.45) is 35.5 Å². The average Bonchev–Trinajstić information content (AvgIpc) is 2.73. The van der Waals surface area contributed by atoms with Crippen LogP contribution in [0, 0.1) is 35.5 Å². The Morgan fingerprint density at radius 1 is 0.917 bits per heavy atom. The predicted octanol–water partition coefficient (Wildman–Crippen LogP) is 1.42. The maximum Gasteiger partial charge on any atom is 0.144 e. The van der Waals surface area contributed by atoms with E-state index >= 15 is 0 Å². The lowest BCUT2D eigenvalue weighted by Crippen LogP contribution is -2.29. The topological polar surface area (TPSA) is 17.1 Å². The summed E-state index contributed by atoms with van der Waals surface area (Å²) in [5.74, 6) is 3.84. The molecule has 0 heterocycles. The SMILES string of the molecule is O=C1C2C3C=CC4C(C=C[C@H]14)C32. The van der Waals surface area contributed by atoms with Crippen LogP contribution in [-0.4, -0.2) is 5.78 Å². The van der Waals surface area contributed by atoms with Crippen LogP contribution in [0.3, 0.4) is 0 Å². The highest BCUT2D eigenvalue weighted by molar-refractivity contribution is 5.92. The number of allylic oxidation sites excluding steroid dienone is 4. The van der Waals surface area contributed by atoms with E-state index in [0.29, 0.717) is 29.5 Å². The van der Waals surface area contributed by atoms with Gasteiger partial charge in [0, 0.05) is 11.8 Å². The zero-order valence-electron chi connectivity index (χ0n) is 6.68. The van der Waals surface area contributed by atoms with Crippen LogP contribution in [0.1, 0.15) is 0 Å². The number of hydrogen-bond acceptors (Lipinski definition) is 1. The third-order valence-electron chi connectivity index (χ3n) is 4.19. The van der Waals surface area contributed by atoms with Gasteiger partial charge in [-0.1, -0.05) is 24.3 Å². The van der Waals surface area contributed by atoms with E-state index in [1.807, 2.05) is 0 Å². The second-order valence-corrected chi connectivity index (χ2v) is 4.53. The largest absolute Gasteiger partial charge is 0.299 e. The predicted molar refractivity (Wildman–Crippen MR) is 44.2 cm³/mol. The highest BCUT2D eigenvalue weighted by Crippen LogP contribution is 2.65. The molecule has 0 aromatic heterocycles. The molecule has 0 amide bonds. The van der Waals surface area contributed by atoms with Crippen molar-refractivity contribution < 1.29 is 4.79 Å². The zero-order chi connectivity index (χ0) is 7.87. The van der Waals surface area contributed by atoms with Gasteiger partial charge in [0.25, 0.3) is 0 Å². The van der Waals surface area contributed by atoms with E-state index in [4.69, 9.17) is 0 Å². The molecule has 2 fully saturated rings. The zero-order valence-corrected chi connectivity index (χ0v) is 6.68. The Balaban J connectivity index is 2.00. The first-order chi connectivity index (χ1) is 5.88. The molecule has 1 nitrogen and oxygen atoms in total. The molecule has 12 heavy (non-hydrogen) atoms. The second kappa shape index (κ2) is 1.46. The van der Waals surface area contributed by atoms with Crippen molar-refractivity contribution in [1.82, 2.24) is 0 Å². The van der Waals surface area contributed by atoms with Gasteiger partial charge in [0.1, 0.15) is 5.78 Å². The second-order valence-electron chi connectivity index (χ2n) is 4.53. The lowest BCUT2D eigenvalue weighted by molar-refractivity contribution is -0.125. The van der Waals surface area contributed by atoms with Gasteiger partial charge in [0.05, 0.1) is 0 Å². The first-order valence-electron chi connectivity index (χ1n) is 4.78. The molecule has 4 bridgehead atoms. The summed E-state index contributed by atoms with van der Waals surface area (Å²) >= 11 is 0. The van der Waals surface area contributed by atoms with E-state index < -0.39 is 0 Å². The van der Waals surface area contributed by atoms with Crippen molar-refractivity contribution >= 4 is 5.78 Å². The summed E-state index contributed by atoms with van der Waals surface area (Å²) < 4.78 is 0. The Hall–Kier alpha value is -0.850. The van der Waals surface area contributed by atoms with Gasteiger partial charge in [-0.3, -0.25) is 4.79 Å². The molecular formula is C11H10O. The monoisotopic (exact) mass is 158 g/mol. The Morgan fingerprint density at radius 3 is 2.58 bits per heavy atom. The van der Waals surface area contributed by atoms with Crippen LogP contribution in [0.5, 0.6) is 0 Å². The Bertz CT molecular complexity index is 339. The van der Waals surface area contributed by atoms with Crippen LogP contribution < -0.4 is 0 Å². The third kappa shape index (κ3) is 0.397. The minimum atomic E-state index is 0.264. The lowest BCUT2D eigenvalue weighted by atomic mass is 9.76. The Kier molecular flexibility index (Phi) is 0.697. The van der Waals surface area contributed by atoms with Crippen molar-refractivity contribution in [3.8, 4) is 0 Å². The van der Waals surface area contributed by atoms with Crippen LogP contribution in [-0.2, 0) is 4.79 Å². The van der Waals surface area contributed by atoms with E-state index in [2.05, 4.69) is 24.3 Å². The van der Waals surface area contributed by atoms with Crippen molar-refractivity contribution in [1.29, 1.82) is 0 Å². The van der Waals surface area contributed by atoms with Gasteiger partial charge in [0.15, 0.2) is 0 Å². The van der Waals surface area contributed by atoms with Gasteiger partial charge < -0.3 is 0 Å². The molecule has 4 rings (SSSR count). The number of hydrogen-bond donors (Lipinski definition) is 0. The standard InChI is InChI=1S/C11H10O/c12-11-7-3-2-6-5(7)1-4-8-9(6)10(8)11/h1-10H/t5?,6?,7-,8?,9?,10?/m0/s1. The molecule has 0 radical (unpaired) electrons. The van der Waals surface area contributed by atoms with Crippen LogP contribution in [0.2, 0.25) is 0 Å².